The van der Waals surface area contributed by atoms with Crippen LogP contribution in [0.4, 0.5) is 5.69 Å². The molecule has 1 heterocycles. The standard InChI is InChI=1S/C22H26N4O2S/c1-5-26-20(13-28-19-12-16(3)6-9-17(19)4)24-25-22(26)29-14-21(27)23-18-10-7-15(2)8-11-18/h6-12H,5,13-14H2,1-4H3,(H,23,27). The fourth-order valence-corrected chi connectivity index (χ4v) is 3.64. The summed E-state index contributed by atoms with van der Waals surface area (Å²) in [5.74, 6) is 1.79. The van der Waals surface area contributed by atoms with Gasteiger partial charge in [0, 0.05) is 12.2 Å². The maximum Gasteiger partial charge on any atom is 0.234 e. The Morgan fingerprint density at radius 1 is 1.07 bits per heavy atom. The summed E-state index contributed by atoms with van der Waals surface area (Å²) in [6.45, 7) is 9.15. The molecule has 3 aromatic rings. The Hall–Kier alpha value is -2.80. The van der Waals surface area contributed by atoms with Crippen molar-refractivity contribution in [3.63, 3.8) is 0 Å². The minimum atomic E-state index is -0.0716. The Morgan fingerprint density at radius 2 is 1.79 bits per heavy atom. The highest BCUT2D eigenvalue weighted by molar-refractivity contribution is 7.99. The molecule has 0 radical (unpaired) electrons. The highest BCUT2D eigenvalue weighted by Gasteiger charge is 2.14. The normalized spacial score (nSPS) is 10.8. The van der Waals surface area contributed by atoms with Crippen LogP contribution in [0.5, 0.6) is 5.75 Å². The summed E-state index contributed by atoms with van der Waals surface area (Å²) in [5, 5.41) is 12.1. The van der Waals surface area contributed by atoms with Gasteiger partial charge in [-0.05, 0) is 57.0 Å². The quantitative estimate of drug-likeness (QED) is 0.553. The number of amides is 1. The Labute approximate surface area is 175 Å². The molecule has 0 aliphatic carbocycles. The fourth-order valence-electron chi connectivity index (χ4n) is 2.82. The maximum atomic E-state index is 12.2. The van der Waals surface area contributed by atoms with Gasteiger partial charge in [-0.25, -0.2) is 0 Å². The van der Waals surface area contributed by atoms with Crippen LogP contribution in [0.1, 0.15) is 29.4 Å². The highest BCUT2D eigenvalue weighted by atomic mass is 32.2. The molecule has 1 N–H and O–H groups in total. The molecule has 152 valence electrons. The lowest BCUT2D eigenvalue weighted by Crippen LogP contribution is -2.15. The molecule has 2 aromatic carbocycles. The van der Waals surface area contributed by atoms with Gasteiger partial charge >= 0.3 is 0 Å². The van der Waals surface area contributed by atoms with Crippen LogP contribution in [0.3, 0.4) is 0 Å². The molecule has 3 rings (SSSR count). The summed E-state index contributed by atoms with van der Waals surface area (Å²) >= 11 is 1.37. The Balaban J connectivity index is 1.59. The van der Waals surface area contributed by atoms with Gasteiger partial charge < -0.3 is 14.6 Å². The number of ether oxygens (including phenoxy) is 1. The molecule has 7 heteroatoms. The second-order valence-corrected chi connectivity index (χ2v) is 7.85. The van der Waals surface area contributed by atoms with Crippen molar-refractivity contribution in [1.82, 2.24) is 14.8 Å². The minimum Gasteiger partial charge on any atom is -0.485 e. The van der Waals surface area contributed by atoms with E-state index in [1.165, 1.54) is 11.8 Å². The summed E-state index contributed by atoms with van der Waals surface area (Å²) in [6, 6.07) is 13.9. The molecular weight excluding hydrogens is 384 g/mol. The lowest BCUT2D eigenvalue weighted by molar-refractivity contribution is -0.113. The van der Waals surface area contributed by atoms with Crippen LogP contribution in [0.15, 0.2) is 47.6 Å². The van der Waals surface area contributed by atoms with Gasteiger partial charge in [0.25, 0.3) is 0 Å². The molecular formula is C22H26N4O2S. The van der Waals surface area contributed by atoms with Gasteiger partial charge in [-0.3, -0.25) is 4.79 Å². The topological polar surface area (TPSA) is 69.0 Å². The summed E-state index contributed by atoms with van der Waals surface area (Å²) in [7, 11) is 0. The van der Waals surface area contributed by atoms with Crippen molar-refractivity contribution in [3.8, 4) is 5.75 Å². The first-order valence-corrected chi connectivity index (χ1v) is 10.6. The summed E-state index contributed by atoms with van der Waals surface area (Å²) < 4.78 is 7.94. The lowest BCUT2D eigenvalue weighted by Gasteiger charge is -2.11. The number of nitrogens with zero attached hydrogens (tertiary/aromatic N) is 3. The van der Waals surface area contributed by atoms with E-state index in [1.807, 2.05) is 68.7 Å². The molecule has 6 nitrogen and oxygen atoms in total. The lowest BCUT2D eigenvalue weighted by atomic mass is 10.1. The van der Waals surface area contributed by atoms with Crippen LogP contribution in [0, 0.1) is 20.8 Å². The minimum absolute atomic E-state index is 0.0716. The molecule has 0 aliphatic heterocycles. The van der Waals surface area contributed by atoms with Gasteiger partial charge in [0.1, 0.15) is 12.4 Å². The number of carbonyl (C=O) groups excluding carboxylic acids is 1. The van der Waals surface area contributed by atoms with Crippen LogP contribution >= 0.6 is 11.8 Å². The van der Waals surface area contributed by atoms with Crippen LogP contribution in [-0.4, -0.2) is 26.4 Å². The Bertz CT molecular complexity index is 983. The van der Waals surface area contributed by atoms with Crippen molar-refractivity contribution in [2.75, 3.05) is 11.1 Å². The second-order valence-electron chi connectivity index (χ2n) is 6.90. The van der Waals surface area contributed by atoms with Crippen molar-refractivity contribution < 1.29 is 9.53 Å². The van der Waals surface area contributed by atoms with E-state index in [1.54, 1.807) is 0 Å². The molecule has 0 aliphatic rings. The number of benzene rings is 2. The number of hydrogen-bond donors (Lipinski definition) is 1. The molecule has 29 heavy (non-hydrogen) atoms. The average Bonchev–Trinajstić information content (AvgIpc) is 3.10. The first-order valence-electron chi connectivity index (χ1n) is 9.57. The van der Waals surface area contributed by atoms with Gasteiger partial charge in [0.2, 0.25) is 5.91 Å². The fraction of sp³-hybridized carbons (Fsp3) is 0.318. The maximum absolute atomic E-state index is 12.2. The number of aromatic nitrogens is 3. The molecule has 1 aromatic heterocycles. The zero-order chi connectivity index (χ0) is 20.8. The summed E-state index contributed by atoms with van der Waals surface area (Å²) in [4.78, 5) is 12.2. The van der Waals surface area contributed by atoms with E-state index in [0.29, 0.717) is 18.3 Å². The molecule has 0 bridgehead atoms. The zero-order valence-electron chi connectivity index (χ0n) is 17.2. The van der Waals surface area contributed by atoms with Crippen LogP contribution in [-0.2, 0) is 17.9 Å². The van der Waals surface area contributed by atoms with E-state index < -0.39 is 0 Å². The monoisotopic (exact) mass is 410 g/mol. The van der Waals surface area contributed by atoms with Crippen molar-refractivity contribution in [2.45, 2.75) is 46.0 Å². The zero-order valence-corrected chi connectivity index (χ0v) is 18.0. The van der Waals surface area contributed by atoms with E-state index in [-0.39, 0.29) is 11.7 Å². The molecule has 0 saturated heterocycles. The predicted octanol–water partition coefficient (Wildman–Crippen LogP) is 4.53. The van der Waals surface area contributed by atoms with Crippen LogP contribution < -0.4 is 10.1 Å². The smallest absolute Gasteiger partial charge is 0.234 e. The first-order chi connectivity index (χ1) is 14.0. The van der Waals surface area contributed by atoms with E-state index in [0.717, 1.165) is 34.0 Å². The second kappa shape index (κ2) is 9.60. The van der Waals surface area contributed by atoms with Gasteiger partial charge in [-0.2, -0.15) is 0 Å². The van der Waals surface area contributed by atoms with E-state index >= 15 is 0 Å². The van der Waals surface area contributed by atoms with E-state index in [2.05, 4.69) is 21.6 Å². The van der Waals surface area contributed by atoms with Gasteiger partial charge in [-0.15, -0.1) is 10.2 Å². The number of nitrogens with one attached hydrogen (secondary N) is 1. The molecule has 1 amide bonds. The SMILES string of the molecule is CCn1c(COc2cc(C)ccc2C)nnc1SCC(=O)Nc1ccc(C)cc1. The van der Waals surface area contributed by atoms with Gasteiger partial charge in [-0.1, -0.05) is 41.6 Å². The number of anilines is 1. The largest absolute Gasteiger partial charge is 0.485 e. The first kappa shape index (κ1) is 20.9. The van der Waals surface area contributed by atoms with Crippen molar-refractivity contribution in [3.05, 3.63) is 65.0 Å². The van der Waals surface area contributed by atoms with E-state index in [9.17, 15) is 4.79 Å². The van der Waals surface area contributed by atoms with Crippen molar-refractivity contribution in [1.29, 1.82) is 0 Å². The predicted molar refractivity (Wildman–Crippen MR) is 116 cm³/mol. The van der Waals surface area contributed by atoms with Crippen LogP contribution in [0.2, 0.25) is 0 Å². The number of aryl methyl sites for hydroxylation is 3. The Kier molecular flexibility index (Phi) is 6.93. The third-order valence-corrected chi connectivity index (χ3v) is 5.44. The molecule has 0 saturated carbocycles. The molecule has 0 spiro atoms. The summed E-state index contributed by atoms with van der Waals surface area (Å²) in [5.41, 5.74) is 4.18. The molecule has 0 atom stereocenters. The van der Waals surface area contributed by atoms with Gasteiger partial charge in [0.15, 0.2) is 11.0 Å². The van der Waals surface area contributed by atoms with Crippen molar-refractivity contribution in [2.24, 2.45) is 0 Å². The van der Waals surface area contributed by atoms with Crippen LogP contribution in [0.25, 0.3) is 0 Å². The number of hydrogen-bond acceptors (Lipinski definition) is 5. The molecule has 0 fully saturated rings. The number of thioether (sulfide) groups is 1. The average molecular weight is 411 g/mol. The highest BCUT2D eigenvalue weighted by Crippen LogP contribution is 2.22. The number of carbonyl (C=O) groups is 1. The third kappa shape index (κ3) is 5.60. The van der Waals surface area contributed by atoms with Gasteiger partial charge in [0.05, 0.1) is 5.75 Å². The number of rotatable bonds is 8. The third-order valence-electron chi connectivity index (χ3n) is 4.48. The Morgan fingerprint density at radius 3 is 2.52 bits per heavy atom. The van der Waals surface area contributed by atoms with Crippen molar-refractivity contribution >= 4 is 23.4 Å². The summed E-state index contributed by atoms with van der Waals surface area (Å²) in [6.07, 6.45) is 0. The molecule has 0 unspecified atom stereocenters. The van der Waals surface area contributed by atoms with E-state index in [4.69, 9.17) is 4.74 Å².